The van der Waals surface area contributed by atoms with E-state index in [1.807, 2.05) is 5.20 Å². The maximum atomic E-state index is 2.49. The molecule has 15 heavy (non-hydrogen) atoms. The topological polar surface area (TPSA) is 0 Å². The molecule has 0 fully saturated rings. The molecule has 0 aromatic carbocycles. The molecule has 0 saturated carbocycles. The molecule has 0 aliphatic rings. The molecule has 88 valence electrons. The van der Waals surface area contributed by atoms with Crippen LogP contribution in [0.25, 0.3) is 0 Å². The lowest BCUT2D eigenvalue weighted by atomic mass is 9.40. The van der Waals surface area contributed by atoms with Gasteiger partial charge in [-0.3, -0.25) is 0 Å². The van der Waals surface area contributed by atoms with Crippen molar-refractivity contribution in [2.75, 3.05) is 0 Å². The molecule has 0 spiro atoms. The first-order valence-electron chi connectivity index (χ1n) is 6.64. The Balaban J connectivity index is 5.23. The van der Waals surface area contributed by atoms with Crippen LogP contribution in [0.4, 0.5) is 0 Å². The number of allylic oxidation sites excluding steroid dienone is 2. The van der Waals surface area contributed by atoms with Gasteiger partial charge in [0.15, 0.2) is 6.71 Å². The molecule has 0 unspecified atom stereocenters. The summed E-state index contributed by atoms with van der Waals surface area (Å²) < 4.78 is 0. The van der Waals surface area contributed by atoms with Crippen molar-refractivity contribution in [3.63, 3.8) is 0 Å². The van der Waals surface area contributed by atoms with Crippen LogP contribution in [0.2, 0.25) is 32.3 Å². The van der Waals surface area contributed by atoms with E-state index in [-0.39, 0.29) is 0 Å². The Hall–Kier alpha value is 0.0218. The standard InChI is InChI=1S/C13H29BSi/c1-8-12(14(10-3)11-4)13(9-2)15(5,6)7/h8-11H2,1-7H3/b13-12-. The molecule has 0 aliphatic heterocycles. The lowest BCUT2D eigenvalue weighted by molar-refractivity contribution is 1.07. The van der Waals surface area contributed by atoms with Crippen LogP contribution in [0, 0.1) is 0 Å². The van der Waals surface area contributed by atoms with Gasteiger partial charge >= 0.3 is 0 Å². The van der Waals surface area contributed by atoms with Crippen LogP contribution in [0.15, 0.2) is 10.7 Å². The van der Waals surface area contributed by atoms with Crippen molar-refractivity contribution in [1.82, 2.24) is 0 Å². The molecule has 0 radical (unpaired) electrons. The molecule has 0 N–H and O–H groups in total. The third kappa shape index (κ3) is 4.18. The van der Waals surface area contributed by atoms with Gasteiger partial charge in [-0.15, -0.1) is 5.47 Å². The zero-order chi connectivity index (χ0) is 12.1. The minimum Gasteiger partial charge on any atom is -0.106 e. The third-order valence-electron chi connectivity index (χ3n) is 3.51. The molecule has 2 heteroatoms. The van der Waals surface area contributed by atoms with E-state index in [1.165, 1.54) is 25.5 Å². The first-order chi connectivity index (χ1) is 6.92. The molecule has 0 heterocycles. The molecule has 0 saturated heterocycles. The summed E-state index contributed by atoms with van der Waals surface area (Å²) in [5, 5.41) is 1.83. The molecule has 0 rings (SSSR count). The number of hydrogen-bond acceptors (Lipinski definition) is 0. The molecule has 0 aromatic heterocycles. The van der Waals surface area contributed by atoms with E-state index in [0.717, 1.165) is 6.71 Å². The van der Waals surface area contributed by atoms with Gasteiger partial charge in [0.05, 0.1) is 8.07 Å². The van der Waals surface area contributed by atoms with Crippen LogP contribution in [0.5, 0.6) is 0 Å². The van der Waals surface area contributed by atoms with Crippen LogP contribution < -0.4 is 0 Å². The Kier molecular flexibility index (Phi) is 6.58. The van der Waals surface area contributed by atoms with E-state index < -0.39 is 8.07 Å². The van der Waals surface area contributed by atoms with Gasteiger partial charge in [0.2, 0.25) is 0 Å². The van der Waals surface area contributed by atoms with Crippen LogP contribution in [-0.2, 0) is 0 Å². The van der Waals surface area contributed by atoms with Crippen molar-refractivity contribution in [3.05, 3.63) is 10.7 Å². The molecular weight excluding hydrogens is 195 g/mol. The minimum atomic E-state index is -1.09. The lowest BCUT2D eigenvalue weighted by Gasteiger charge is -2.27. The van der Waals surface area contributed by atoms with E-state index in [2.05, 4.69) is 47.3 Å². The third-order valence-corrected chi connectivity index (χ3v) is 5.99. The predicted octanol–water partition coefficient (Wildman–Crippen LogP) is 5.05. The zero-order valence-corrected chi connectivity index (χ0v) is 12.9. The van der Waals surface area contributed by atoms with Gasteiger partial charge in [-0.1, -0.05) is 65.2 Å². The van der Waals surface area contributed by atoms with Crippen LogP contribution in [0.1, 0.15) is 40.5 Å². The molecule has 0 aliphatic carbocycles. The molecule has 0 amide bonds. The van der Waals surface area contributed by atoms with Gasteiger partial charge < -0.3 is 0 Å². The summed E-state index contributed by atoms with van der Waals surface area (Å²) in [5.74, 6) is 0. The summed E-state index contributed by atoms with van der Waals surface area (Å²) in [4.78, 5) is 0. The number of hydrogen-bond donors (Lipinski definition) is 0. The largest absolute Gasteiger partial charge is 0.169 e. The average Bonchev–Trinajstić information content (AvgIpc) is 2.16. The maximum absolute atomic E-state index is 2.49. The van der Waals surface area contributed by atoms with Crippen molar-refractivity contribution in [3.8, 4) is 0 Å². The van der Waals surface area contributed by atoms with E-state index >= 15 is 0 Å². The second-order valence-corrected chi connectivity index (χ2v) is 10.6. The molecule has 0 nitrogen and oxygen atoms in total. The fraction of sp³-hybridized carbons (Fsp3) is 0.846. The fourth-order valence-corrected chi connectivity index (χ4v) is 5.17. The monoisotopic (exact) mass is 224 g/mol. The first-order valence-corrected chi connectivity index (χ1v) is 10.1. The van der Waals surface area contributed by atoms with Crippen molar-refractivity contribution in [2.24, 2.45) is 0 Å². The van der Waals surface area contributed by atoms with Crippen LogP contribution in [-0.4, -0.2) is 14.8 Å². The Morgan fingerprint density at radius 3 is 1.53 bits per heavy atom. The fourth-order valence-electron chi connectivity index (χ4n) is 2.77. The quantitative estimate of drug-likeness (QED) is 0.553. The Morgan fingerprint density at radius 1 is 0.867 bits per heavy atom. The zero-order valence-electron chi connectivity index (χ0n) is 11.9. The highest BCUT2D eigenvalue weighted by atomic mass is 28.3. The van der Waals surface area contributed by atoms with Gasteiger partial charge in [-0.25, -0.2) is 0 Å². The maximum Gasteiger partial charge on any atom is 0.169 e. The summed E-state index contributed by atoms with van der Waals surface area (Å²) in [7, 11) is -1.09. The van der Waals surface area contributed by atoms with Crippen LogP contribution in [0.3, 0.4) is 0 Å². The van der Waals surface area contributed by atoms with Gasteiger partial charge in [0.25, 0.3) is 0 Å². The summed E-state index contributed by atoms with van der Waals surface area (Å²) in [6.45, 7) is 17.7. The Labute approximate surface area is 98.6 Å². The highest BCUT2D eigenvalue weighted by molar-refractivity contribution is 6.85. The van der Waals surface area contributed by atoms with Crippen LogP contribution >= 0.6 is 0 Å². The number of rotatable bonds is 6. The molecule has 0 atom stereocenters. The van der Waals surface area contributed by atoms with Crippen molar-refractivity contribution in [1.29, 1.82) is 0 Å². The lowest BCUT2D eigenvalue weighted by Crippen LogP contribution is -2.29. The minimum absolute atomic E-state index is 0.844. The van der Waals surface area contributed by atoms with Crippen molar-refractivity contribution in [2.45, 2.75) is 72.8 Å². The van der Waals surface area contributed by atoms with E-state index in [9.17, 15) is 0 Å². The summed E-state index contributed by atoms with van der Waals surface area (Å²) in [6, 6.07) is 0. The van der Waals surface area contributed by atoms with Gasteiger partial charge in [-0.2, -0.15) is 0 Å². The first kappa shape index (κ1) is 15.0. The van der Waals surface area contributed by atoms with Crippen molar-refractivity contribution >= 4 is 14.8 Å². The molecule has 0 aromatic rings. The smallest absolute Gasteiger partial charge is 0.106 e. The van der Waals surface area contributed by atoms with E-state index in [0.29, 0.717) is 0 Å². The molecule has 0 bridgehead atoms. The normalized spacial score (nSPS) is 13.8. The summed E-state index contributed by atoms with van der Waals surface area (Å²) >= 11 is 0. The Bertz CT molecular complexity index is 209. The SMILES string of the molecule is CCB(CC)/C(CC)=C(/CC)[Si](C)(C)C. The van der Waals surface area contributed by atoms with Crippen molar-refractivity contribution < 1.29 is 0 Å². The second-order valence-electron chi connectivity index (χ2n) is 5.47. The predicted molar refractivity (Wildman–Crippen MR) is 77.7 cm³/mol. The Morgan fingerprint density at radius 2 is 1.33 bits per heavy atom. The summed E-state index contributed by atoms with van der Waals surface area (Å²) in [5.41, 5.74) is 1.79. The van der Waals surface area contributed by atoms with Gasteiger partial charge in [0, 0.05) is 0 Å². The van der Waals surface area contributed by atoms with E-state index in [1.54, 1.807) is 5.47 Å². The highest BCUT2D eigenvalue weighted by Gasteiger charge is 2.24. The van der Waals surface area contributed by atoms with Gasteiger partial charge in [-0.05, 0) is 12.8 Å². The highest BCUT2D eigenvalue weighted by Crippen LogP contribution is 2.27. The average molecular weight is 224 g/mol. The molecular formula is C13H29BSi. The van der Waals surface area contributed by atoms with Gasteiger partial charge in [0.1, 0.15) is 0 Å². The van der Waals surface area contributed by atoms with E-state index in [4.69, 9.17) is 0 Å². The summed E-state index contributed by atoms with van der Waals surface area (Å²) in [6.07, 6.45) is 5.16. The second kappa shape index (κ2) is 6.57.